The van der Waals surface area contributed by atoms with Crippen LogP contribution < -0.4 is 10.6 Å². The predicted molar refractivity (Wildman–Crippen MR) is 72.0 cm³/mol. The molecule has 3 heterocycles. The first kappa shape index (κ1) is 14.1. The minimum atomic E-state index is -4.43. The van der Waals surface area contributed by atoms with Gasteiger partial charge in [-0.25, -0.2) is 0 Å². The van der Waals surface area contributed by atoms with Gasteiger partial charge in [0, 0.05) is 19.3 Å². The number of hydrogen-bond acceptors (Lipinski definition) is 6. The normalized spacial score (nSPS) is 17.4. The van der Waals surface area contributed by atoms with E-state index in [9.17, 15) is 13.2 Å². The highest BCUT2D eigenvalue weighted by Crippen LogP contribution is 2.35. The number of alkyl halides is 3. The molecular formula is C11H13F3N6S. The van der Waals surface area contributed by atoms with Gasteiger partial charge in [0.05, 0.1) is 6.04 Å². The Bertz CT molecular complexity index is 614. The highest BCUT2D eigenvalue weighted by Gasteiger charge is 2.36. The number of rotatable bonds is 2. The molecule has 6 nitrogen and oxygen atoms in total. The van der Waals surface area contributed by atoms with Crippen LogP contribution in [0.5, 0.6) is 0 Å². The molecular weight excluding hydrogens is 305 g/mol. The lowest BCUT2D eigenvalue weighted by Gasteiger charge is -2.31. The van der Waals surface area contributed by atoms with Crippen molar-refractivity contribution in [1.29, 1.82) is 0 Å². The van der Waals surface area contributed by atoms with Crippen LogP contribution in [0.25, 0.3) is 0 Å². The molecule has 0 unspecified atom stereocenters. The van der Waals surface area contributed by atoms with Crippen LogP contribution in [0.1, 0.15) is 23.9 Å². The lowest BCUT2D eigenvalue weighted by atomic mass is 10.1. The van der Waals surface area contributed by atoms with Crippen LogP contribution in [0.15, 0.2) is 12.3 Å². The van der Waals surface area contributed by atoms with E-state index in [0.29, 0.717) is 35.4 Å². The third-order valence-electron chi connectivity index (χ3n) is 3.39. The summed E-state index contributed by atoms with van der Waals surface area (Å²) in [4.78, 5) is 1.83. The molecule has 2 aromatic rings. The summed E-state index contributed by atoms with van der Waals surface area (Å²) in [6.45, 7) is 1.24. The van der Waals surface area contributed by atoms with Gasteiger partial charge in [-0.1, -0.05) is 11.3 Å². The zero-order valence-electron chi connectivity index (χ0n) is 10.9. The Morgan fingerprint density at radius 1 is 1.24 bits per heavy atom. The van der Waals surface area contributed by atoms with Gasteiger partial charge in [0.1, 0.15) is 5.82 Å². The summed E-state index contributed by atoms with van der Waals surface area (Å²) in [6.07, 6.45) is -1.05. The van der Waals surface area contributed by atoms with Crippen LogP contribution in [0.2, 0.25) is 0 Å². The Labute approximate surface area is 122 Å². The molecule has 0 aromatic carbocycles. The molecule has 114 valence electrons. The first-order valence-corrected chi connectivity index (χ1v) is 7.21. The summed E-state index contributed by atoms with van der Waals surface area (Å²) in [7, 11) is 0. The highest BCUT2D eigenvalue weighted by molar-refractivity contribution is 7.15. The average molecular weight is 318 g/mol. The first-order valence-electron chi connectivity index (χ1n) is 6.40. The Hall–Kier alpha value is -1.84. The van der Waals surface area contributed by atoms with Crippen LogP contribution in [0.3, 0.4) is 0 Å². The third-order valence-corrected chi connectivity index (χ3v) is 4.42. The largest absolute Gasteiger partial charge is 0.445 e. The van der Waals surface area contributed by atoms with E-state index < -0.39 is 11.2 Å². The van der Waals surface area contributed by atoms with Crippen molar-refractivity contribution < 1.29 is 13.2 Å². The van der Waals surface area contributed by atoms with E-state index in [2.05, 4.69) is 15.3 Å². The zero-order valence-corrected chi connectivity index (χ0v) is 11.7. The van der Waals surface area contributed by atoms with E-state index in [1.807, 2.05) is 15.8 Å². The van der Waals surface area contributed by atoms with Crippen LogP contribution in [-0.4, -0.2) is 33.1 Å². The fourth-order valence-corrected chi connectivity index (χ4v) is 3.10. The predicted octanol–water partition coefficient (Wildman–Crippen LogP) is 2.18. The maximum atomic E-state index is 12.5. The maximum absolute atomic E-state index is 12.5. The molecule has 0 radical (unpaired) electrons. The van der Waals surface area contributed by atoms with Gasteiger partial charge in [0.15, 0.2) is 0 Å². The number of piperidine rings is 1. The van der Waals surface area contributed by atoms with Crippen molar-refractivity contribution in [2.45, 2.75) is 25.1 Å². The summed E-state index contributed by atoms with van der Waals surface area (Å²) in [6, 6.07) is 1.95. The first-order chi connectivity index (χ1) is 9.93. The number of aromatic nitrogens is 4. The minimum Gasteiger partial charge on any atom is -0.382 e. The molecule has 0 saturated carbocycles. The molecule has 0 spiro atoms. The fraction of sp³-hybridized carbons (Fsp3) is 0.545. The summed E-state index contributed by atoms with van der Waals surface area (Å²) < 4.78 is 39.4. The second-order valence-electron chi connectivity index (χ2n) is 4.83. The number of nitrogens with two attached hydrogens (primary N) is 1. The smallest absolute Gasteiger partial charge is 0.382 e. The van der Waals surface area contributed by atoms with Gasteiger partial charge < -0.3 is 10.6 Å². The number of anilines is 2. The monoisotopic (exact) mass is 318 g/mol. The van der Waals surface area contributed by atoms with Crippen molar-refractivity contribution in [2.75, 3.05) is 23.7 Å². The Kier molecular flexibility index (Phi) is 3.47. The van der Waals surface area contributed by atoms with Gasteiger partial charge in [-0.05, 0) is 18.9 Å². The van der Waals surface area contributed by atoms with Crippen molar-refractivity contribution >= 4 is 22.3 Å². The van der Waals surface area contributed by atoms with Gasteiger partial charge >= 0.3 is 6.18 Å². The minimum absolute atomic E-state index is 0.216. The summed E-state index contributed by atoms with van der Waals surface area (Å²) >= 11 is 0.584. The van der Waals surface area contributed by atoms with Crippen molar-refractivity contribution in [2.24, 2.45) is 0 Å². The molecule has 0 amide bonds. The van der Waals surface area contributed by atoms with Crippen molar-refractivity contribution in [1.82, 2.24) is 20.0 Å². The SMILES string of the molecule is Nc1ccn(C2CCN(c3nnc(C(F)(F)F)s3)CC2)n1. The zero-order chi connectivity index (χ0) is 15.0. The molecule has 3 rings (SSSR count). The van der Waals surface area contributed by atoms with Crippen molar-refractivity contribution in [3.63, 3.8) is 0 Å². The number of nitrogen functional groups attached to an aromatic ring is 1. The lowest BCUT2D eigenvalue weighted by Crippen LogP contribution is -2.34. The molecule has 0 aliphatic carbocycles. The molecule has 10 heteroatoms. The molecule has 1 aliphatic heterocycles. The fourth-order valence-electron chi connectivity index (χ4n) is 2.34. The van der Waals surface area contributed by atoms with E-state index in [-0.39, 0.29) is 6.04 Å². The van der Waals surface area contributed by atoms with Gasteiger partial charge in [-0.15, -0.1) is 10.2 Å². The Morgan fingerprint density at radius 3 is 2.48 bits per heavy atom. The van der Waals surface area contributed by atoms with E-state index in [1.54, 1.807) is 6.07 Å². The van der Waals surface area contributed by atoms with Gasteiger partial charge in [-0.3, -0.25) is 4.68 Å². The molecule has 2 N–H and O–H groups in total. The lowest BCUT2D eigenvalue weighted by molar-refractivity contribution is -0.138. The molecule has 21 heavy (non-hydrogen) atoms. The third kappa shape index (κ3) is 2.94. The number of halogens is 3. The topological polar surface area (TPSA) is 72.9 Å². The van der Waals surface area contributed by atoms with Gasteiger partial charge in [0.2, 0.25) is 10.1 Å². The Balaban J connectivity index is 1.64. The van der Waals surface area contributed by atoms with Gasteiger partial charge in [-0.2, -0.15) is 18.3 Å². The number of nitrogens with zero attached hydrogens (tertiary/aromatic N) is 5. The van der Waals surface area contributed by atoms with Crippen LogP contribution >= 0.6 is 11.3 Å². The van der Waals surface area contributed by atoms with E-state index in [4.69, 9.17) is 5.73 Å². The van der Waals surface area contributed by atoms with Crippen LogP contribution in [0.4, 0.5) is 24.1 Å². The van der Waals surface area contributed by atoms with Crippen LogP contribution in [0, 0.1) is 0 Å². The van der Waals surface area contributed by atoms with E-state index >= 15 is 0 Å². The number of hydrogen-bond donors (Lipinski definition) is 1. The maximum Gasteiger partial charge on any atom is 0.445 e. The molecule has 2 aromatic heterocycles. The summed E-state index contributed by atoms with van der Waals surface area (Å²) in [5.41, 5.74) is 5.58. The standard InChI is InChI=1S/C11H13F3N6S/c12-11(13,14)9-16-17-10(21-9)19-4-1-7(2-5-19)20-6-3-8(15)18-20/h3,6-7H,1-2,4-5H2,(H2,15,18). The quantitative estimate of drug-likeness (QED) is 0.919. The van der Waals surface area contributed by atoms with Gasteiger partial charge in [0.25, 0.3) is 0 Å². The molecule has 1 aliphatic rings. The summed E-state index contributed by atoms with van der Waals surface area (Å²) in [5, 5.41) is 10.4. The summed E-state index contributed by atoms with van der Waals surface area (Å²) in [5.74, 6) is 0.469. The van der Waals surface area contributed by atoms with Crippen molar-refractivity contribution in [3.05, 3.63) is 17.3 Å². The van der Waals surface area contributed by atoms with Crippen molar-refractivity contribution in [3.8, 4) is 0 Å². The molecule has 0 bridgehead atoms. The molecule has 1 fully saturated rings. The van der Waals surface area contributed by atoms with Crippen LogP contribution in [-0.2, 0) is 6.18 Å². The molecule has 0 atom stereocenters. The Morgan fingerprint density at radius 2 is 1.95 bits per heavy atom. The van der Waals surface area contributed by atoms with E-state index in [1.165, 1.54) is 0 Å². The second kappa shape index (κ2) is 5.17. The second-order valence-corrected chi connectivity index (χ2v) is 5.78. The van der Waals surface area contributed by atoms with E-state index in [0.717, 1.165) is 12.8 Å². The highest BCUT2D eigenvalue weighted by atomic mass is 32.1. The average Bonchev–Trinajstić information content (AvgIpc) is 3.07. The molecule has 1 saturated heterocycles.